The van der Waals surface area contributed by atoms with Crippen molar-refractivity contribution in [2.45, 2.75) is 47.6 Å². The fraction of sp³-hybridized carbons (Fsp3) is 0.800. The summed E-state index contributed by atoms with van der Waals surface area (Å²) in [6.45, 7) is 0. The van der Waals surface area contributed by atoms with Gasteiger partial charge in [-0.1, -0.05) is 0 Å². The van der Waals surface area contributed by atoms with E-state index in [4.69, 9.17) is 0 Å². The zero-order valence-corrected chi connectivity index (χ0v) is 12.6. The van der Waals surface area contributed by atoms with E-state index in [-0.39, 0.29) is 0 Å². The normalized spacial score (nSPS) is 16.0. The predicted octanol–water partition coefficient (Wildman–Crippen LogP) is 7.07. The topological polar surface area (TPSA) is 0 Å². The Balaban J connectivity index is 6.89. The fourth-order valence-corrected chi connectivity index (χ4v) is 1.42. The lowest BCUT2D eigenvalue weighted by molar-refractivity contribution is -0.460. The zero-order chi connectivity index (χ0) is 25.2. The molecule has 0 aliphatic rings. The Labute approximate surface area is 149 Å². The average Bonchev–Trinajstić information content (AvgIpc) is 2.51. The number of alkyl halides is 17. The second-order valence-corrected chi connectivity index (χ2v) is 5.09. The highest BCUT2D eigenvalue weighted by Crippen LogP contribution is 2.64. The second-order valence-electron chi connectivity index (χ2n) is 5.09. The summed E-state index contributed by atoms with van der Waals surface area (Å²) in [5, 5.41) is 0. The summed E-state index contributed by atoms with van der Waals surface area (Å²) in [5.74, 6) is -65.1. The lowest BCUT2D eigenvalue weighted by Gasteiger charge is -2.42. The summed E-state index contributed by atoms with van der Waals surface area (Å²) in [6, 6.07) is 0. The van der Waals surface area contributed by atoms with Crippen molar-refractivity contribution in [2.75, 3.05) is 0 Å². The number of halogens is 20. The number of rotatable bonds is 7. The van der Waals surface area contributed by atoms with Crippen molar-refractivity contribution in [1.29, 1.82) is 0 Å². The molecule has 20 heteroatoms. The van der Waals surface area contributed by atoms with Gasteiger partial charge in [0.1, 0.15) is 0 Å². The predicted molar refractivity (Wildman–Crippen MR) is 51.0 cm³/mol. The molecular formula is C10F20. The van der Waals surface area contributed by atoms with Crippen molar-refractivity contribution in [3.63, 3.8) is 0 Å². The van der Waals surface area contributed by atoms with E-state index >= 15 is 0 Å². The standard InChI is InChI=1S/C10F20/c11-1(2(12)13)3(14,15)4(16,17)5(18,19)6(20,21)7(22,23)8(24,25)9(26,27)10(28,29)30. The first-order chi connectivity index (χ1) is 12.6. The van der Waals surface area contributed by atoms with Crippen LogP contribution in [0.25, 0.3) is 0 Å². The second kappa shape index (κ2) is 6.92. The third-order valence-corrected chi connectivity index (χ3v) is 3.16. The molecule has 0 unspecified atom stereocenters. The molecule has 0 aromatic carbocycles. The van der Waals surface area contributed by atoms with Crippen LogP contribution in [0.1, 0.15) is 0 Å². The summed E-state index contributed by atoms with van der Waals surface area (Å²) >= 11 is 0. The first-order valence-electron chi connectivity index (χ1n) is 6.03. The van der Waals surface area contributed by atoms with Gasteiger partial charge in [0, 0.05) is 0 Å². The Morgan fingerprint density at radius 3 is 0.800 bits per heavy atom. The van der Waals surface area contributed by atoms with Crippen molar-refractivity contribution in [2.24, 2.45) is 0 Å². The number of allylic oxidation sites excluding steroid dienone is 1. The number of hydrogen-bond acceptors (Lipinski definition) is 0. The van der Waals surface area contributed by atoms with Crippen LogP contribution in [0, 0.1) is 0 Å². The minimum absolute atomic E-state index is 4.63. The van der Waals surface area contributed by atoms with Crippen LogP contribution in [0.4, 0.5) is 87.8 Å². The zero-order valence-electron chi connectivity index (χ0n) is 12.6. The fourth-order valence-electron chi connectivity index (χ4n) is 1.42. The highest BCUT2D eigenvalue weighted by atomic mass is 19.4. The highest BCUT2D eigenvalue weighted by Gasteiger charge is 2.95. The summed E-state index contributed by atoms with van der Waals surface area (Å²) in [5.41, 5.74) is 0. The molecule has 0 bridgehead atoms. The van der Waals surface area contributed by atoms with Crippen molar-refractivity contribution in [1.82, 2.24) is 0 Å². The van der Waals surface area contributed by atoms with Gasteiger partial charge in [-0.25, -0.2) is 0 Å². The monoisotopic (exact) mass is 500 g/mol. The molecule has 0 aromatic rings. The smallest absolute Gasteiger partial charge is 0.199 e. The summed E-state index contributed by atoms with van der Waals surface area (Å²) in [7, 11) is 0. The van der Waals surface area contributed by atoms with Gasteiger partial charge in [0.2, 0.25) is 5.83 Å². The minimum atomic E-state index is -8.95. The molecule has 30 heavy (non-hydrogen) atoms. The lowest BCUT2D eigenvalue weighted by Crippen LogP contribution is -2.74. The van der Waals surface area contributed by atoms with Crippen molar-refractivity contribution in [3.8, 4) is 0 Å². The Morgan fingerprint density at radius 2 is 0.567 bits per heavy atom. The molecular weight excluding hydrogens is 500 g/mol. The van der Waals surface area contributed by atoms with E-state index in [1.807, 2.05) is 0 Å². The van der Waals surface area contributed by atoms with Gasteiger partial charge in [-0.3, -0.25) is 0 Å². The first kappa shape index (κ1) is 28.3. The van der Waals surface area contributed by atoms with Crippen LogP contribution >= 0.6 is 0 Å². The molecule has 0 fully saturated rings. The first-order valence-corrected chi connectivity index (χ1v) is 6.03. The Kier molecular flexibility index (Phi) is 6.54. The quantitative estimate of drug-likeness (QED) is 0.328. The highest BCUT2D eigenvalue weighted by molar-refractivity contribution is 5.20. The van der Waals surface area contributed by atoms with Crippen LogP contribution in [-0.2, 0) is 0 Å². The van der Waals surface area contributed by atoms with Crippen LogP contribution in [0.3, 0.4) is 0 Å². The minimum Gasteiger partial charge on any atom is -0.199 e. The Bertz CT molecular complexity index is 672. The van der Waals surface area contributed by atoms with Gasteiger partial charge < -0.3 is 0 Å². The summed E-state index contributed by atoms with van der Waals surface area (Å²) in [4.78, 5) is 0. The molecule has 0 nitrogen and oxygen atoms in total. The van der Waals surface area contributed by atoms with Crippen LogP contribution in [0.2, 0.25) is 0 Å². The van der Waals surface area contributed by atoms with E-state index in [1.165, 1.54) is 0 Å². The average molecular weight is 500 g/mol. The van der Waals surface area contributed by atoms with Crippen molar-refractivity contribution in [3.05, 3.63) is 11.9 Å². The van der Waals surface area contributed by atoms with Crippen LogP contribution in [0.5, 0.6) is 0 Å². The van der Waals surface area contributed by atoms with Gasteiger partial charge >= 0.3 is 53.7 Å². The lowest BCUT2D eigenvalue weighted by atomic mass is 9.89. The molecule has 0 aliphatic heterocycles. The maximum absolute atomic E-state index is 13.1. The van der Waals surface area contributed by atoms with Crippen LogP contribution in [-0.4, -0.2) is 47.6 Å². The third-order valence-electron chi connectivity index (χ3n) is 3.16. The van der Waals surface area contributed by atoms with Gasteiger partial charge in [0.05, 0.1) is 0 Å². The van der Waals surface area contributed by atoms with E-state index < -0.39 is 59.5 Å². The molecule has 0 spiro atoms. The largest absolute Gasteiger partial charge is 0.460 e. The summed E-state index contributed by atoms with van der Waals surface area (Å²) in [6.07, 6.45) is -12.5. The molecule has 0 aromatic heterocycles. The molecule has 0 N–H and O–H groups in total. The van der Waals surface area contributed by atoms with E-state index in [0.29, 0.717) is 0 Å². The molecule has 0 atom stereocenters. The van der Waals surface area contributed by atoms with Crippen LogP contribution < -0.4 is 0 Å². The van der Waals surface area contributed by atoms with Gasteiger partial charge in [-0.05, 0) is 0 Å². The Morgan fingerprint density at radius 1 is 0.333 bits per heavy atom. The van der Waals surface area contributed by atoms with Crippen LogP contribution in [0.15, 0.2) is 11.9 Å². The molecule has 0 heterocycles. The van der Waals surface area contributed by atoms with Crippen molar-refractivity contribution >= 4 is 0 Å². The van der Waals surface area contributed by atoms with Gasteiger partial charge in [-0.15, -0.1) is 0 Å². The molecule has 0 aliphatic carbocycles. The molecule has 0 saturated heterocycles. The van der Waals surface area contributed by atoms with E-state index in [9.17, 15) is 87.8 Å². The SMILES string of the molecule is FC(F)=C(F)C(F)(F)C(F)(F)C(F)(F)C(F)(F)C(F)(F)C(F)(F)C(F)(F)C(F)(F)F. The molecule has 0 radical (unpaired) electrons. The summed E-state index contributed by atoms with van der Waals surface area (Å²) < 4.78 is 251. The number of hydrogen-bond donors (Lipinski definition) is 0. The third kappa shape index (κ3) is 3.32. The van der Waals surface area contributed by atoms with E-state index in [1.54, 1.807) is 0 Å². The molecule has 0 saturated carbocycles. The van der Waals surface area contributed by atoms with Gasteiger partial charge in [0.25, 0.3) is 0 Å². The molecule has 0 rings (SSSR count). The Hall–Kier alpha value is -1.66. The maximum atomic E-state index is 13.1. The molecule has 0 amide bonds. The van der Waals surface area contributed by atoms with Crippen molar-refractivity contribution < 1.29 is 87.8 Å². The maximum Gasteiger partial charge on any atom is 0.460 e. The van der Waals surface area contributed by atoms with Gasteiger partial charge in [0.15, 0.2) is 0 Å². The molecule has 180 valence electrons. The van der Waals surface area contributed by atoms with Gasteiger partial charge in [-0.2, -0.15) is 87.8 Å². The van der Waals surface area contributed by atoms with E-state index in [2.05, 4.69) is 0 Å². The van der Waals surface area contributed by atoms with E-state index in [0.717, 1.165) is 0 Å².